The number of methoxy groups -OCH3 is 2. The highest BCUT2D eigenvalue weighted by molar-refractivity contribution is 14.1. The molecule has 3 aromatic rings. The van der Waals surface area contributed by atoms with Crippen LogP contribution in [0.1, 0.15) is 16.7 Å². The Kier molecular flexibility index (Phi) is 10.1. The van der Waals surface area contributed by atoms with Crippen molar-refractivity contribution in [2.24, 2.45) is 0 Å². The molecular weight excluding hydrogens is 704 g/mol. The SMILES string of the molecule is COc1ccc(CNC(=O)/C(C#N)=C/c2cc(I)c(OCc3ccc([N+](=O)[O-])cc3)c(I)c2)c(OC)c1. The van der Waals surface area contributed by atoms with Gasteiger partial charge in [0, 0.05) is 30.3 Å². The molecule has 0 radical (unpaired) electrons. The first-order valence-corrected chi connectivity index (χ1v) is 12.9. The number of nitro benzene ring substituents is 1. The Morgan fingerprint density at radius 3 is 2.32 bits per heavy atom. The Bertz CT molecular complexity index is 1360. The van der Waals surface area contributed by atoms with Crippen LogP contribution in [0.15, 0.2) is 60.2 Å². The molecule has 0 aliphatic heterocycles. The van der Waals surface area contributed by atoms with Crippen LogP contribution in [-0.4, -0.2) is 25.1 Å². The summed E-state index contributed by atoms with van der Waals surface area (Å²) in [6.07, 6.45) is 1.52. The number of carbonyl (C=O) groups excluding carboxylic acids is 1. The normalized spacial score (nSPS) is 10.8. The van der Waals surface area contributed by atoms with E-state index in [9.17, 15) is 20.2 Å². The average molecular weight is 725 g/mol. The maximum absolute atomic E-state index is 12.7. The van der Waals surface area contributed by atoms with Crippen molar-refractivity contribution in [1.29, 1.82) is 5.26 Å². The quantitative estimate of drug-likeness (QED) is 0.0947. The van der Waals surface area contributed by atoms with Crippen LogP contribution >= 0.6 is 45.2 Å². The summed E-state index contributed by atoms with van der Waals surface area (Å²) in [5.41, 5.74) is 2.18. The van der Waals surface area contributed by atoms with Crippen molar-refractivity contribution in [3.63, 3.8) is 0 Å². The lowest BCUT2D eigenvalue weighted by Gasteiger charge is -2.12. The number of amides is 1. The van der Waals surface area contributed by atoms with Crippen molar-refractivity contribution < 1.29 is 23.9 Å². The second-order valence-corrected chi connectivity index (χ2v) is 9.88. The molecule has 9 nitrogen and oxygen atoms in total. The van der Waals surface area contributed by atoms with E-state index in [1.807, 2.05) is 18.2 Å². The van der Waals surface area contributed by atoms with Gasteiger partial charge in [-0.3, -0.25) is 14.9 Å². The lowest BCUT2D eigenvalue weighted by Crippen LogP contribution is -2.24. The summed E-state index contributed by atoms with van der Waals surface area (Å²) in [5, 5.41) is 23.2. The Morgan fingerprint density at radius 1 is 1.08 bits per heavy atom. The third-order valence-corrected chi connectivity index (χ3v) is 6.76. The van der Waals surface area contributed by atoms with Crippen LogP contribution in [0.3, 0.4) is 0 Å². The highest BCUT2D eigenvalue weighted by atomic mass is 127. The van der Waals surface area contributed by atoms with Crippen molar-refractivity contribution >= 4 is 62.9 Å². The topological polar surface area (TPSA) is 124 Å². The van der Waals surface area contributed by atoms with E-state index in [1.54, 1.807) is 37.4 Å². The van der Waals surface area contributed by atoms with Crippen LogP contribution in [0.5, 0.6) is 17.2 Å². The number of carbonyl (C=O) groups is 1. The van der Waals surface area contributed by atoms with E-state index in [-0.39, 0.29) is 24.4 Å². The number of halogens is 2. The Balaban J connectivity index is 1.70. The number of benzene rings is 3. The van der Waals surface area contributed by atoms with Crippen LogP contribution in [0.4, 0.5) is 5.69 Å². The summed E-state index contributed by atoms with van der Waals surface area (Å²) >= 11 is 4.25. The minimum absolute atomic E-state index is 0.0181. The molecule has 1 amide bonds. The lowest BCUT2D eigenvalue weighted by atomic mass is 10.1. The van der Waals surface area contributed by atoms with E-state index in [1.165, 1.54) is 25.3 Å². The molecule has 3 aromatic carbocycles. The fraction of sp³-hybridized carbons (Fsp3) is 0.154. The molecular formula is C26H21I2N3O6. The first-order chi connectivity index (χ1) is 17.7. The number of hydrogen-bond acceptors (Lipinski definition) is 7. The van der Waals surface area contributed by atoms with Gasteiger partial charge in [-0.25, -0.2) is 0 Å². The average Bonchev–Trinajstić information content (AvgIpc) is 2.89. The molecule has 0 heterocycles. The van der Waals surface area contributed by atoms with E-state index < -0.39 is 10.8 Å². The second-order valence-electron chi connectivity index (χ2n) is 7.56. The number of nitrogens with zero attached hydrogens (tertiary/aromatic N) is 2. The van der Waals surface area contributed by atoms with Gasteiger partial charge in [-0.05, 0) is 98.8 Å². The Morgan fingerprint density at radius 2 is 1.76 bits per heavy atom. The zero-order chi connectivity index (χ0) is 26.9. The largest absolute Gasteiger partial charge is 0.497 e. The van der Waals surface area contributed by atoms with E-state index in [2.05, 4.69) is 50.5 Å². The maximum Gasteiger partial charge on any atom is 0.269 e. The molecule has 0 aliphatic rings. The maximum atomic E-state index is 12.7. The van der Waals surface area contributed by atoms with Gasteiger partial charge in [0.25, 0.3) is 11.6 Å². The van der Waals surface area contributed by atoms with Gasteiger partial charge in [-0.1, -0.05) is 0 Å². The molecule has 11 heteroatoms. The monoisotopic (exact) mass is 725 g/mol. The van der Waals surface area contributed by atoms with Crippen LogP contribution in [0.2, 0.25) is 0 Å². The number of nitrogens with one attached hydrogen (secondary N) is 1. The van der Waals surface area contributed by atoms with E-state index in [4.69, 9.17) is 14.2 Å². The van der Waals surface area contributed by atoms with Gasteiger partial charge < -0.3 is 19.5 Å². The molecule has 0 bridgehead atoms. The van der Waals surface area contributed by atoms with Gasteiger partial charge in [-0.15, -0.1) is 0 Å². The zero-order valence-corrected chi connectivity index (χ0v) is 24.1. The van der Waals surface area contributed by atoms with Crippen LogP contribution in [0, 0.1) is 28.6 Å². The minimum Gasteiger partial charge on any atom is -0.497 e. The fourth-order valence-electron chi connectivity index (χ4n) is 3.25. The van der Waals surface area contributed by atoms with Crippen LogP contribution in [0.25, 0.3) is 6.08 Å². The first kappa shape index (κ1) is 28.2. The molecule has 0 saturated heterocycles. The molecule has 0 unspecified atom stereocenters. The number of hydrogen-bond donors (Lipinski definition) is 1. The number of nitriles is 1. The minimum atomic E-state index is -0.510. The summed E-state index contributed by atoms with van der Waals surface area (Å²) in [5.74, 6) is 1.33. The summed E-state index contributed by atoms with van der Waals surface area (Å²) < 4.78 is 18.1. The van der Waals surface area contributed by atoms with Gasteiger partial charge >= 0.3 is 0 Å². The van der Waals surface area contributed by atoms with Crippen molar-refractivity contribution in [2.45, 2.75) is 13.2 Å². The molecule has 0 atom stereocenters. The fourth-order valence-corrected chi connectivity index (χ4v) is 5.38. The smallest absolute Gasteiger partial charge is 0.269 e. The summed E-state index contributed by atoms with van der Waals surface area (Å²) in [7, 11) is 3.09. The molecule has 1 N–H and O–H groups in total. The molecule has 37 heavy (non-hydrogen) atoms. The summed E-state index contributed by atoms with van der Waals surface area (Å²) in [6.45, 7) is 0.412. The van der Waals surface area contributed by atoms with Gasteiger partial charge in [0.1, 0.15) is 35.5 Å². The van der Waals surface area contributed by atoms with Crippen molar-refractivity contribution in [3.05, 3.63) is 94.1 Å². The number of rotatable bonds is 10. The van der Waals surface area contributed by atoms with E-state index >= 15 is 0 Å². The second kappa shape index (κ2) is 13.2. The number of ether oxygens (including phenoxy) is 3. The highest BCUT2D eigenvalue weighted by Gasteiger charge is 2.14. The lowest BCUT2D eigenvalue weighted by molar-refractivity contribution is -0.384. The molecule has 0 aromatic heterocycles. The third kappa shape index (κ3) is 7.56. The van der Waals surface area contributed by atoms with Crippen LogP contribution < -0.4 is 19.5 Å². The van der Waals surface area contributed by atoms with Gasteiger partial charge in [0.15, 0.2) is 0 Å². The summed E-state index contributed by atoms with van der Waals surface area (Å²) in [6, 6.07) is 17.0. The third-order valence-electron chi connectivity index (χ3n) is 5.16. The highest BCUT2D eigenvalue weighted by Crippen LogP contribution is 2.31. The van der Waals surface area contributed by atoms with Gasteiger partial charge in [0.2, 0.25) is 0 Å². The Labute approximate surface area is 240 Å². The first-order valence-electron chi connectivity index (χ1n) is 10.7. The molecule has 3 rings (SSSR count). The zero-order valence-electron chi connectivity index (χ0n) is 19.8. The van der Waals surface area contributed by atoms with Crippen molar-refractivity contribution in [3.8, 4) is 23.3 Å². The Hall–Kier alpha value is -3.38. The van der Waals surface area contributed by atoms with Gasteiger partial charge in [-0.2, -0.15) is 5.26 Å². The number of nitro groups is 1. The molecule has 0 spiro atoms. The molecule has 0 aliphatic carbocycles. The molecule has 0 fully saturated rings. The predicted molar refractivity (Wildman–Crippen MR) is 154 cm³/mol. The summed E-state index contributed by atoms with van der Waals surface area (Å²) in [4.78, 5) is 23.1. The van der Waals surface area contributed by atoms with E-state index in [0.717, 1.165) is 18.3 Å². The van der Waals surface area contributed by atoms with Crippen LogP contribution in [-0.2, 0) is 17.9 Å². The standard InChI is InChI=1S/C26H21I2N3O6/c1-35-21-8-5-18(24(12-21)36-2)14-30-26(32)19(13-29)9-17-10-22(27)25(23(28)11-17)37-15-16-3-6-20(7-4-16)31(33)34/h3-12H,14-15H2,1-2H3,(H,30,32)/b19-9+. The van der Waals surface area contributed by atoms with E-state index in [0.29, 0.717) is 22.8 Å². The molecule has 190 valence electrons. The van der Waals surface area contributed by atoms with Gasteiger partial charge in [0.05, 0.1) is 26.3 Å². The van der Waals surface area contributed by atoms with Crippen molar-refractivity contribution in [2.75, 3.05) is 14.2 Å². The van der Waals surface area contributed by atoms with Crippen molar-refractivity contribution in [1.82, 2.24) is 5.32 Å². The predicted octanol–water partition coefficient (Wildman–Crippen LogP) is 5.62. The molecule has 0 saturated carbocycles. The number of non-ortho nitro benzene ring substituents is 1.